The highest BCUT2D eigenvalue weighted by Crippen LogP contribution is 2.33. The topological polar surface area (TPSA) is 121 Å². The van der Waals surface area contributed by atoms with Gasteiger partial charge in [0.05, 0.1) is 4.92 Å². The van der Waals surface area contributed by atoms with E-state index >= 15 is 0 Å². The molecule has 1 fully saturated rings. The molecule has 0 atom stereocenters. The van der Waals surface area contributed by atoms with Crippen LogP contribution < -0.4 is 10.6 Å². The molecule has 9 heteroatoms. The number of aryl methyl sites for hydroxylation is 1. The highest BCUT2D eigenvalue weighted by atomic mass is 16.6. The van der Waals surface area contributed by atoms with E-state index in [1.54, 1.807) is 19.2 Å². The Morgan fingerprint density at radius 2 is 2.14 bits per heavy atom. The lowest BCUT2D eigenvalue weighted by atomic mass is 9.96. The number of aromatic amines is 2. The van der Waals surface area contributed by atoms with Gasteiger partial charge in [-0.15, -0.1) is 0 Å². The molecule has 3 heterocycles. The predicted molar refractivity (Wildman–Crippen MR) is 79.0 cm³/mol. The minimum atomic E-state index is -0.380. The minimum Gasteiger partial charge on any atom is -0.351 e. The molecule has 22 heavy (non-hydrogen) atoms. The maximum Gasteiger partial charge on any atom is 0.340 e. The van der Waals surface area contributed by atoms with Gasteiger partial charge in [-0.05, 0) is 25.8 Å². The number of hydrogen-bond donors (Lipinski definition) is 2. The molecule has 0 saturated carbocycles. The second kappa shape index (κ2) is 5.58. The van der Waals surface area contributed by atoms with E-state index in [1.165, 1.54) is 0 Å². The van der Waals surface area contributed by atoms with Crippen LogP contribution >= 0.6 is 0 Å². The summed E-state index contributed by atoms with van der Waals surface area (Å²) in [5.41, 5.74) is 0.358. The van der Waals surface area contributed by atoms with Crippen LogP contribution in [0.25, 0.3) is 0 Å². The van der Waals surface area contributed by atoms with E-state index in [0.717, 1.165) is 12.8 Å². The number of hydrogen-bond acceptors (Lipinski definition) is 6. The summed E-state index contributed by atoms with van der Waals surface area (Å²) in [6.45, 7) is 2.98. The number of piperidine rings is 1. The Morgan fingerprint density at radius 3 is 2.73 bits per heavy atom. The molecule has 0 spiro atoms. The van der Waals surface area contributed by atoms with Gasteiger partial charge < -0.3 is 4.90 Å². The summed E-state index contributed by atoms with van der Waals surface area (Å²) in [6.07, 6.45) is 3.11. The van der Waals surface area contributed by atoms with Crippen molar-refractivity contribution >= 4 is 11.5 Å². The van der Waals surface area contributed by atoms with Crippen LogP contribution in [0.4, 0.5) is 11.5 Å². The van der Waals surface area contributed by atoms with Gasteiger partial charge in [0.15, 0.2) is 0 Å². The molecular formula is C13H16N6O3. The number of anilines is 1. The molecule has 9 nitrogen and oxygen atoms in total. The van der Waals surface area contributed by atoms with Crippen LogP contribution in [0.1, 0.15) is 30.1 Å². The molecule has 2 N–H and O–H groups in total. The maximum atomic E-state index is 11.3. The molecule has 0 bridgehead atoms. The van der Waals surface area contributed by atoms with Crippen LogP contribution in [0.15, 0.2) is 17.1 Å². The van der Waals surface area contributed by atoms with Gasteiger partial charge in [-0.3, -0.25) is 15.1 Å². The quantitative estimate of drug-likeness (QED) is 0.647. The summed E-state index contributed by atoms with van der Waals surface area (Å²) in [5, 5.41) is 17.6. The average Bonchev–Trinajstić information content (AvgIpc) is 2.93. The van der Waals surface area contributed by atoms with Gasteiger partial charge in [0.1, 0.15) is 5.82 Å². The largest absolute Gasteiger partial charge is 0.351 e. The molecule has 1 aliphatic rings. The van der Waals surface area contributed by atoms with E-state index in [4.69, 9.17) is 0 Å². The van der Waals surface area contributed by atoms with Crippen LogP contribution in [0.5, 0.6) is 0 Å². The fourth-order valence-electron chi connectivity index (χ4n) is 2.83. The summed E-state index contributed by atoms with van der Waals surface area (Å²) in [4.78, 5) is 30.8. The zero-order valence-electron chi connectivity index (χ0n) is 12.1. The number of H-pyrrole nitrogens is 2. The molecule has 0 aliphatic carbocycles. The average molecular weight is 304 g/mol. The van der Waals surface area contributed by atoms with E-state index in [1.807, 2.05) is 4.90 Å². The van der Waals surface area contributed by atoms with Crippen molar-refractivity contribution < 1.29 is 4.92 Å². The Morgan fingerprint density at radius 1 is 1.41 bits per heavy atom. The first-order valence-electron chi connectivity index (χ1n) is 7.06. The number of nitrogens with zero attached hydrogens (tertiary/aromatic N) is 4. The van der Waals surface area contributed by atoms with Crippen molar-refractivity contribution in [3.05, 3.63) is 44.2 Å². The monoisotopic (exact) mass is 304 g/mol. The van der Waals surface area contributed by atoms with Crippen molar-refractivity contribution in [2.75, 3.05) is 18.0 Å². The van der Waals surface area contributed by atoms with Gasteiger partial charge >= 0.3 is 11.4 Å². The number of rotatable bonds is 3. The van der Waals surface area contributed by atoms with Crippen molar-refractivity contribution in [3.63, 3.8) is 0 Å². The van der Waals surface area contributed by atoms with Crippen LogP contribution in [0, 0.1) is 17.0 Å². The van der Waals surface area contributed by atoms with E-state index in [9.17, 15) is 14.9 Å². The number of nitrogens with one attached hydrogen (secondary N) is 2. The predicted octanol–water partition coefficient (Wildman–Crippen LogP) is 1.09. The summed E-state index contributed by atoms with van der Waals surface area (Å²) < 4.78 is 0. The minimum absolute atomic E-state index is 0.0640. The Bertz CT molecular complexity index is 744. The number of pyridine rings is 1. The summed E-state index contributed by atoms with van der Waals surface area (Å²) in [5.74, 6) is 1.22. The van der Waals surface area contributed by atoms with Crippen molar-refractivity contribution in [2.24, 2.45) is 0 Å². The van der Waals surface area contributed by atoms with Crippen molar-refractivity contribution in [3.8, 4) is 0 Å². The molecule has 2 aromatic rings. The van der Waals surface area contributed by atoms with Gasteiger partial charge in [0.2, 0.25) is 5.82 Å². The summed E-state index contributed by atoms with van der Waals surface area (Å²) >= 11 is 0. The smallest absolute Gasteiger partial charge is 0.340 e. The number of nitro groups is 1. The lowest BCUT2D eigenvalue weighted by Crippen LogP contribution is -2.34. The summed E-state index contributed by atoms with van der Waals surface area (Å²) in [7, 11) is 0. The zero-order chi connectivity index (χ0) is 15.7. The molecule has 3 rings (SSSR count). The van der Waals surface area contributed by atoms with Crippen LogP contribution in [0.3, 0.4) is 0 Å². The zero-order valence-corrected chi connectivity index (χ0v) is 12.1. The molecule has 0 unspecified atom stereocenters. The third-order valence-corrected chi connectivity index (χ3v) is 3.99. The molecule has 116 valence electrons. The Labute approximate surface area is 125 Å². The van der Waals surface area contributed by atoms with E-state index in [2.05, 4.69) is 20.2 Å². The van der Waals surface area contributed by atoms with Crippen LogP contribution in [0.2, 0.25) is 0 Å². The van der Waals surface area contributed by atoms with Crippen molar-refractivity contribution in [2.45, 2.75) is 25.7 Å². The molecule has 0 radical (unpaired) electrons. The standard InChI is InChI=1S/C13H16N6O3/c1-8-2-5-14-12(10(8)19(21)22)18-6-3-9(4-7-18)11-15-13(20)17-16-11/h2,5,9H,3-4,6-7H2,1H3,(H2,15,16,17,20). The van der Waals surface area contributed by atoms with Gasteiger partial charge in [0.25, 0.3) is 0 Å². The lowest BCUT2D eigenvalue weighted by Gasteiger charge is -2.31. The van der Waals surface area contributed by atoms with Crippen molar-refractivity contribution in [1.29, 1.82) is 0 Å². The highest BCUT2D eigenvalue weighted by Gasteiger charge is 2.29. The molecule has 1 saturated heterocycles. The van der Waals surface area contributed by atoms with E-state index < -0.39 is 0 Å². The fraction of sp³-hybridized carbons (Fsp3) is 0.462. The van der Waals surface area contributed by atoms with Gasteiger partial charge in [0, 0.05) is 30.8 Å². The van der Waals surface area contributed by atoms with Gasteiger partial charge in [-0.25, -0.2) is 14.9 Å². The molecule has 1 aliphatic heterocycles. The normalized spacial score (nSPS) is 16.0. The number of aromatic nitrogens is 4. The highest BCUT2D eigenvalue weighted by molar-refractivity contribution is 5.61. The van der Waals surface area contributed by atoms with Gasteiger partial charge in [-0.1, -0.05) is 0 Å². The first kappa shape index (κ1) is 14.2. The first-order valence-corrected chi connectivity index (χ1v) is 7.06. The second-order valence-electron chi connectivity index (χ2n) is 5.38. The van der Waals surface area contributed by atoms with Crippen LogP contribution in [-0.2, 0) is 0 Å². The van der Waals surface area contributed by atoms with Crippen molar-refractivity contribution in [1.82, 2.24) is 20.2 Å². The third kappa shape index (κ3) is 2.57. The molecule has 0 aromatic carbocycles. The lowest BCUT2D eigenvalue weighted by molar-refractivity contribution is -0.384. The van der Waals surface area contributed by atoms with Crippen LogP contribution in [-0.4, -0.2) is 38.2 Å². The maximum absolute atomic E-state index is 11.3. The first-order chi connectivity index (χ1) is 10.6. The van der Waals surface area contributed by atoms with Gasteiger partial charge in [-0.2, -0.15) is 5.10 Å². The SMILES string of the molecule is Cc1ccnc(N2CCC(c3n[nH]c(=O)[nH]3)CC2)c1[N+](=O)[O-]. The van der Waals surface area contributed by atoms with E-state index in [-0.39, 0.29) is 22.2 Å². The molecule has 2 aromatic heterocycles. The molecule has 0 amide bonds. The Balaban J connectivity index is 1.78. The third-order valence-electron chi connectivity index (χ3n) is 3.99. The Hall–Kier alpha value is -2.71. The second-order valence-corrected chi connectivity index (χ2v) is 5.38. The van der Waals surface area contributed by atoms with E-state index in [0.29, 0.717) is 30.3 Å². The Kier molecular flexibility index (Phi) is 3.61. The molecular weight excluding hydrogens is 288 g/mol. The fourth-order valence-corrected chi connectivity index (χ4v) is 2.83. The summed E-state index contributed by atoms with van der Waals surface area (Å²) in [6, 6.07) is 1.64.